The Morgan fingerprint density at radius 2 is 2.18 bits per heavy atom. The average Bonchev–Trinajstić information content (AvgIpc) is 2.98. The maximum atomic E-state index is 13.8. The molecule has 1 fully saturated rings. The van der Waals surface area contributed by atoms with E-state index in [-0.39, 0.29) is 16.6 Å². The van der Waals surface area contributed by atoms with Gasteiger partial charge in [-0.3, -0.25) is 4.79 Å². The fourth-order valence-corrected chi connectivity index (χ4v) is 3.32. The molecule has 0 aliphatic carbocycles. The van der Waals surface area contributed by atoms with Crippen LogP contribution in [0.2, 0.25) is 0 Å². The molecule has 0 radical (unpaired) electrons. The van der Waals surface area contributed by atoms with Crippen molar-refractivity contribution in [2.75, 3.05) is 13.2 Å². The Hall–Kier alpha value is -1.47. The Bertz CT molecular complexity index is 652. The molecule has 7 heteroatoms. The van der Waals surface area contributed by atoms with E-state index in [4.69, 9.17) is 4.74 Å². The van der Waals surface area contributed by atoms with Crippen LogP contribution < -0.4 is 5.32 Å². The van der Waals surface area contributed by atoms with Crippen molar-refractivity contribution in [3.63, 3.8) is 0 Å². The Kier molecular flexibility index (Phi) is 5.18. The lowest BCUT2D eigenvalue weighted by molar-refractivity contribution is 0.0854. The molecule has 0 saturated carbocycles. The van der Waals surface area contributed by atoms with E-state index < -0.39 is 26.8 Å². The van der Waals surface area contributed by atoms with Crippen LogP contribution in [-0.2, 0) is 14.6 Å². The van der Waals surface area contributed by atoms with Gasteiger partial charge in [0.15, 0.2) is 9.84 Å². The summed E-state index contributed by atoms with van der Waals surface area (Å²) in [7, 11) is -3.55. The first kappa shape index (κ1) is 16.9. The highest BCUT2D eigenvalue weighted by atomic mass is 32.2. The number of rotatable bonds is 5. The van der Waals surface area contributed by atoms with Gasteiger partial charge in [-0.1, -0.05) is 0 Å². The molecule has 1 saturated heterocycles. The van der Waals surface area contributed by atoms with Gasteiger partial charge in [0, 0.05) is 13.2 Å². The monoisotopic (exact) mass is 329 g/mol. The van der Waals surface area contributed by atoms with Crippen molar-refractivity contribution in [1.82, 2.24) is 5.32 Å². The van der Waals surface area contributed by atoms with Crippen LogP contribution in [0, 0.1) is 5.82 Å². The van der Waals surface area contributed by atoms with Gasteiger partial charge in [0.1, 0.15) is 5.82 Å². The predicted octanol–water partition coefficient (Wildman–Crippen LogP) is 1.92. The minimum absolute atomic E-state index is 0.0498. The Morgan fingerprint density at radius 3 is 2.77 bits per heavy atom. The van der Waals surface area contributed by atoms with Gasteiger partial charge in [-0.15, -0.1) is 0 Å². The van der Waals surface area contributed by atoms with Crippen molar-refractivity contribution in [1.29, 1.82) is 0 Å². The van der Waals surface area contributed by atoms with E-state index in [2.05, 4.69) is 5.32 Å². The van der Waals surface area contributed by atoms with Crippen molar-refractivity contribution in [2.24, 2.45) is 0 Å². The number of halogens is 1. The molecule has 0 spiro atoms. The van der Waals surface area contributed by atoms with Gasteiger partial charge in [-0.25, -0.2) is 12.8 Å². The van der Waals surface area contributed by atoms with Crippen molar-refractivity contribution < 1.29 is 22.3 Å². The molecule has 122 valence electrons. The first-order chi connectivity index (χ1) is 10.3. The molecule has 22 heavy (non-hydrogen) atoms. The van der Waals surface area contributed by atoms with Crippen LogP contribution in [0.3, 0.4) is 0 Å². The molecular formula is C15H20FNO4S. The van der Waals surface area contributed by atoms with Crippen LogP contribution in [0.5, 0.6) is 0 Å². The fraction of sp³-hybridized carbons (Fsp3) is 0.533. The van der Waals surface area contributed by atoms with Crippen LogP contribution >= 0.6 is 0 Å². The third-order valence-corrected chi connectivity index (χ3v) is 5.80. The van der Waals surface area contributed by atoms with Crippen LogP contribution in [0.4, 0.5) is 4.39 Å². The zero-order valence-electron chi connectivity index (χ0n) is 12.6. The first-order valence-corrected chi connectivity index (χ1v) is 8.80. The summed E-state index contributed by atoms with van der Waals surface area (Å²) in [4.78, 5) is 12.0. The van der Waals surface area contributed by atoms with E-state index in [9.17, 15) is 17.6 Å². The smallest absolute Gasteiger partial charge is 0.254 e. The van der Waals surface area contributed by atoms with Gasteiger partial charge < -0.3 is 10.1 Å². The largest absolute Gasteiger partial charge is 0.376 e. The summed E-state index contributed by atoms with van der Waals surface area (Å²) in [6.07, 6.45) is 1.73. The molecule has 0 aromatic heterocycles. The number of ether oxygens (including phenoxy) is 1. The first-order valence-electron chi connectivity index (χ1n) is 7.25. The van der Waals surface area contributed by atoms with Crippen LogP contribution in [0.15, 0.2) is 23.1 Å². The molecular weight excluding hydrogens is 309 g/mol. The number of nitrogens with one attached hydrogen (secondary N) is 1. The molecule has 1 aromatic rings. The van der Waals surface area contributed by atoms with Gasteiger partial charge in [0.25, 0.3) is 5.91 Å². The molecule has 1 aromatic carbocycles. The zero-order valence-corrected chi connectivity index (χ0v) is 13.5. The van der Waals surface area contributed by atoms with E-state index in [1.165, 1.54) is 19.9 Å². The summed E-state index contributed by atoms with van der Waals surface area (Å²) in [5, 5.41) is 1.95. The normalized spacial score (nSPS) is 18.6. The molecule has 1 aliphatic heterocycles. The second kappa shape index (κ2) is 6.75. The maximum Gasteiger partial charge on any atom is 0.254 e. The SMILES string of the molecule is CC(C)S(=O)(=O)c1ccc(F)c(C(=O)NC[C@@H]2CCCO2)c1. The Morgan fingerprint density at radius 1 is 1.45 bits per heavy atom. The average molecular weight is 329 g/mol. The standard InChI is InChI=1S/C15H20FNO4S/c1-10(2)22(19,20)12-5-6-14(16)13(8-12)15(18)17-9-11-4-3-7-21-11/h5-6,8,10-11H,3-4,7,9H2,1-2H3,(H,17,18)/t11-/m0/s1. The molecule has 0 unspecified atom stereocenters. The minimum Gasteiger partial charge on any atom is -0.376 e. The highest BCUT2D eigenvalue weighted by molar-refractivity contribution is 7.92. The molecule has 1 aliphatic rings. The van der Waals surface area contributed by atoms with Crippen molar-refractivity contribution in [3.05, 3.63) is 29.6 Å². The third kappa shape index (κ3) is 3.64. The molecule has 1 heterocycles. The Labute approximate surface area is 129 Å². The number of sulfone groups is 1. The summed E-state index contributed by atoms with van der Waals surface area (Å²) in [5.41, 5.74) is -0.264. The second-order valence-electron chi connectivity index (χ2n) is 5.58. The van der Waals surface area contributed by atoms with Crippen LogP contribution in [-0.4, -0.2) is 38.8 Å². The fourth-order valence-electron chi connectivity index (χ4n) is 2.23. The van der Waals surface area contributed by atoms with Crippen molar-refractivity contribution >= 4 is 15.7 Å². The molecule has 1 N–H and O–H groups in total. The van der Waals surface area contributed by atoms with E-state index in [0.717, 1.165) is 25.0 Å². The number of carbonyl (C=O) groups is 1. The molecule has 1 amide bonds. The summed E-state index contributed by atoms with van der Waals surface area (Å²) in [6, 6.07) is 3.28. The number of benzene rings is 1. The predicted molar refractivity (Wildman–Crippen MR) is 80.0 cm³/mol. The van der Waals surface area contributed by atoms with Crippen LogP contribution in [0.1, 0.15) is 37.0 Å². The summed E-state index contributed by atoms with van der Waals surface area (Å²) >= 11 is 0. The zero-order chi connectivity index (χ0) is 16.3. The molecule has 2 rings (SSSR count). The van der Waals surface area contributed by atoms with Gasteiger partial charge in [-0.05, 0) is 44.9 Å². The van der Waals surface area contributed by atoms with Gasteiger partial charge in [-0.2, -0.15) is 0 Å². The van der Waals surface area contributed by atoms with Crippen LogP contribution in [0.25, 0.3) is 0 Å². The maximum absolute atomic E-state index is 13.8. The third-order valence-electron chi connectivity index (χ3n) is 3.65. The number of hydrogen-bond acceptors (Lipinski definition) is 4. The lowest BCUT2D eigenvalue weighted by Crippen LogP contribution is -2.32. The van der Waals surface area contributed by atoms with Crippen molar-refractivity contribution in [3.8, 4) is 0 Å². The van der Waals surface area contributed by atoms with E-state index in [1.54, 1.807) is 0 Å². The van der Waals surface area contributed by atoms with Crippen molar-refractivity contribution in [2.45, 2.75) is 42.9 Å². The van der Waals surface area contributed by atoms with Gasteiger partial charge in [0.2, 0.25) is 0 Å². The molecule has 5 nitrogen and oxygen atoms in total. The van der Waals surface area contributed by atoms with E-state index in [1.807, 2.05) is 0 Å². The minimum atomic E-state index is -3.55. The topological polar surface area (TPSA) is 72.5 Å². The summed E-state index contributed by atoms with van der Waals surface area (Å²) in [6.45, 7) is 4.03. The lowest BCUT2D eigenvalue weighted by atomic mass is 10.2. The molecule has 1 atom stereocenters. The highest BCUT2D eigenvalue weighted by Gasteiger charge is 2.23. The second-order valence-corrected chi connectivity index (χ2v) is 8.08. The summed E-state index contributed by atoms with van der Waals surface area (Å²) in [5.74, 6) is -1.37. The van der Waals surface area contributed by atoms with E-state index in [0.29, 0.717) is 13.2 Å². The molecule has 0 bridgehead atoms. The number of carbonyl (C=O) groups excluding carboxylic acids is 1. The van der Waals surface area contributed by atoms with Gasteiger partial charge in [0.05, 0.1) is 21.8 Å². The summed E-state index contributed by atoms with van der Waals surface area (Å²) < 4.78 is 43.4. The Balaban J connectivity index is 2.17. The number of hydrogen-bond donors (Lipinski definition) is 1. The quantitative estimate of drug-likeness (QED) is 0.838. The highest BCUT2D eigenvalue weighted by Crippen LogP contribution is 2.19. The lowest BCUT2D eigenvalue weighted by Gasteiger charge is -2.13. The number of amides is 1. The van der Waals surface area contributed by atoms with E-state index >= 15 is 0 Å². The van der Waals surface area contributed by atoms with Gasteiger partial charge >= 0.3 is 0 Å².